The van der Waals surface area contributed by atoms with Crippen LogP contribution in [0.4, 0.5) is 4.79 Å². The second-order valence-electron chi connectivity index (χ2n) is 5.77. The number of hydrogen-bond donors (Lipinski definition) is 2. The van der Waals surface area contributed by atoms with Crippen molar-refractivity contribution in [3.63, 3.8) is 0 Å². The van der Waals surface area contributed by atoms with Crippen LogP contribution in [0.25, 0.3) is 11.0 Å². The minimum atomic E-state index is -0.235. The Balaban J connectivity index is 1.27. The normalized spacial score (nSPS) is 14.1. The van der Waals surface area contributed by atoms with Gasteiger partial charge in [-0.25, -0.2) is 9.78 Å². The molecule has 2 aromatic heterocycles. The van der Waals surface area contributed by atoms with E-state index in [-0.39, 0.29) is 6.03 Å². The minimum Gasteiger partial charge on any atom is -0.464 e. The molecule has 0 atom stereocenters. The molecule has 23 heavy (non-hydrogen) atoms. The number of carbonyl (C=O) groups excluding carboxylic acids is 1. The van der Waals surface area contributed by atoms with Gasteiger partial charge in [0.05, 0.1) is 19.0 Å². The van der Waals surface area contributed by atoms with Gasteiger partial charge in [-0.05, 0) is 36.6 Å². The van der Waals surface area contributed by atoms with Gasteiger partial charge in [-0.1, -0.05) is 6.07 Å². The van der Waals surface area contributed by atoms with Crippen LogP contribution < -0.4 is 10.6 Å². The first-order valence-electron chi connectivity index (χ1n) is 7.70. The fraction of sp³-hybridized carbons (Fsp3) is 0.294. The fourth-order valence-electron chi connectivity index (χ4n) is 2.46. The Kier molecular flexibility index (Phi) is 3.49. The number of nitrogens with zero attached hydrogens (tertiary/aromatic N) is 1. The number of hydrogen-bond acceptors (Lipinski definition) is 4. The van der Waals surface area contributed by atoms with Crippen LogP contribution in [0.2, 0.25) is 0 Å². The zero-order chi connectivity index (χ0) is 15.6. The molecule has 0 bridgehead atoms. The van der Waals surface area contributed by atoms with Crippen LogP contribution in [0.5, 0.6) is 0 Å². The topological polar surface area (TPSA) is 80.3 Å². The van der Waals surface area contributed by atoms with Gasteiger partial charge >= 0.3 is 6.03 Å². The summed E-state index contributed by atoms with van der Waals surface area (Å²) in [5.41, 5.74) is 1.86. The number of benzene rings is 1. The Bertz CT molecular complexity index is 832. The van der Waals surface area contributed by atoms with Crippen LogP contribution in [0.1, 0.15) is 36.0 Å². The van der Waals surface area contributed by atoms with E-state index in [1.165, 1.54) is 0 Å². The Morgan fingerprint density at radius 3 is 2.96 bits per heavy atom. The molecule has 0 radical (unpaired) electrons. The Labute approximate surface area is 132 Å². The highest BCUT2D eigenvalue weighted by Crippen LogP contribution is 2.39. The standard InChI is InChI=1S/C17H17N3O3/c21-17(20-10-14-9-18-16(23-14)12-2-3-12)19-8-11-1-4-15-13(7-11)5-6-22-15/h1,4-7,9,12H,2-3,8,10H2,(H2,19,20,21). The lowest BCUT2D eigenvalue weighted by Gasteiger charge is -2.06. The number of fused-ring (bicyclic) bond motifs is 1. The zero-order valence-electron chi connectivity index (χ0n) is 12.5. The molecule has 2 amide bonds. The van der Waals surface area contributed by atoms with Gasteiger partial charge in [0.1, 0.15) is 11.3 Å². The molecule has 0 aliphatic heterocycles. The van der Waals surface area contributed by atoms with Crippen molar-refractivity contribution in [2.24, 2.45) is 0 Å². The molecule has 1 saturated carbocycles. The molecular formula is C17H17N3O3. The summed E-state index contributed by atoms with van der Waals surface area (Å²) in [5.74, 6) is 1.95. The van der Waals surface area contributed by atoms with Crippen molar-refractivity contribution in [1.82, 2.24) is 15.6 Å². The van der Waals surface area contributed by atoms with Gasteiger partial charge in [-0.3, -0.25) is 0 Å². The molecule has 1 aromatic carbocycles. The van der Waals surface area contributed by atoms with Crippen molar-refractivity contribution in [2.45, 2.75) is 31.8 Å². The first-order chi connectivity index (χ1) is 11.3. The van der Waals surface area contributed by atoms with Crippen LogP contribution in [0, 0.1) is 0 Å². The Morgan fingerprint density at radius 1 is 1.22 bits per heavy atom. The number of rotatable bonds is 5. The highest BCUT2D eigenvalue weighted by Gasteiger charge is 2.28. The summed E-state index contributed by atoms with van der Waals surface area (Å²) >= 11 is 0. The maximum absolute atomic E-state index is 11.9. The molecular weight excluding hydrogens is 294 g/mol. The number of aromatic nitrogens is 1. The van der Waals surface area contributed by atoms with Gasteiger partial charge in [-0.2, -0.15) is 0 Å². The van der Waals surface area contributed by atoms with E-state index in [1.807, 2.05) is 24.3 Å². The molecule has 1 aliphatic rings. The van der Waals surface area contributed by atoms with Gasteiger partial charge < -0.3 is 19.5 Å². The molecule has 2 heterocycles. The Hall–Kier alpha value is -2.76. The van der Waals surface area contributed by atoms with E-state index in [4.69, 9.17) is 8.83 Å². The van der Waals surface area contributed by atoms with Crippen molar-refractivity contribution in [3.8, 4) is 0 Å². The van der Waals surface area contributed by atoms with Crippen LogP contribution >= 0.6 is 0 Å². The molecule has 4 rings (SSSR count). The van der Waals surface area contributed by atoms with E-state index in [0.29, 0.717) is 24.8 Å². The zero-order valence-corrected chi connectivity index (χ0v) is 12.5. The second-order valence-corrected chi connectivity index (χ2v) is 5.77. The lowest BCUT2D eigenvalue weighted by atomic mass is 10.1. The van der Waals surface area contributed by atoms with Crippen LogP contribution in [-0.2, 0) is 13.1 Å². The molecule has 3 aromatic rings. The summed E-state index contributed by atoms with van der Waals surface area (Å²) < 4.78 is 10.9. The minimum absolute atomic E-state index is 0.235. The molecule has 6 heteroatoms. The fourth-order valence-corrected chi connectivity index (χ4v) is 2.46. The summed E-state index contributed by atoms with van der Waals surface area (Å²) in [7, 11) is 0. The first-order valence-corrected chi connectivity index (χ1v) is 7.70. The summed E-state index contributed by atoms with van der Waals surface area (Å²) in [6.45, 7) is 0.795. The van der Waals surface area contributed by atoms with Crippen molar-refractivity contribution < 1.29 is 13.6 Å². The van der Waals surface area contributed by atoms with Crippen molar-refractivity contribution in [1.29, 1.82) is 0 Å². The maximum Gasteiger partial charge on any atom is 0.315 e. The number of carbonyl (C=O) groups is 1. The number of nitrogens with one attached hydrogen (secondary N) is 2. The summed E-state index contributed by atoms with van der Waals surface area (Å²) in [5, 5.41) is 6.62. The van der Waals surface area contributed by atoms with E-state index in [0.717, 1.165) is 35.3 Å². The largest absolute Gasteiger partial charge is 0.464 e. The van der Waals surface area contributed by atoms with Gasteiger partial charge in [0.25, 0.3) is 0 Å². The first kappa shape index (κ1) is 13.9. The molecule has 1 aliphatic carbocycles. The van der Waals surface area contributed by atoms with Gasteiger partial charge in [-0.15, -0.1) is 0 Å². The Morgan fingerprint density at radius 2 is 2.09 bits per heavy atom. The molecule has 0 unspecified atom stereocenters. The molecule has 0 saturated heterocycles. The van der Waals surface area contributed by atoms with Gasteiger partial charge in [0.15, 0.2) is 5.89 Å². The summed E-state index contributed by atoms with van der Waals surface area (Å²) in [6.07, 6.45) is 5.63. The SMILES string of the molecule is O=C(NCc1ccc2occc2c1)NCc1cnc(C2CC2)o1. The highest BCUT2D eigenvalue weighted by molar-refractivity contribution is 5.78. The maximum atomic E-state index is 11.9. The van der Waals surface area contributed by atoms with Crippen LogP contribution in [-0.4, -0.2) is 11.0 Å². The molecule has 6 nitrogen and oxygen atoms in total. The second kappa shape index (κ2) is 5.79. The number of furan rings is 1. The third-order valence-electron chi connectivity index (χ3n) is 3.89. The summed E-state index contributed by atoms with van der Waals surface area (Å²) in [4.78, 5) is 16.1. The number of amides is 2. The van der Waals surface area contributed by atoms with Gasteiger partial charge in [0.2, 0.25) is 0 Å². The van der Waals surface area contributed by atoms with Crippen molar-refractivity contribution in [3.05, 3.63) is 53.9 Å². The lowest BCUT2D eigenvalue weighted by molar-refractivity contribution is 0.239. The average Bonchev–Trinajstić information content (AvgIpc) is 3.12. The average molecular weight is 311 g/mol. The van der Waals surface area contributed by atoms with E-state index < -0.39 is 0 Å². The predicted molar refractivity (Wildman–Crippen MR) is 83.8 cm³/mol. The van der Waals surface area contributed by atoms with Crippen molar-refractivity contribution >= 4 is 17.0 Å². The number of oxazole rings is 1. The lowest BCUT2D eigenvalue weighted by Crippen LogP contribution is -2.34. The predicted octanol–water partition coefficient (Wildman–Crippen LogP) is 3.30. The third-order valence-corrected chi connectivity index (χ3v) is 3.89. The molecule has 0 spiro atoms. The van der Waals surface area contributed by atoms with Crippen LogP contribution in [0.15, 0.2) is 45.6 Å². The van der Waals surface area contributed by atoms with E-state index in [2.05, 4.69) is 15.6 Å². The van der Waals surface area contributed by atoms with E-state index in [9.17, 15) is 4.79 Å². The monoisotopic (exact) mass is 311 g/mol. The molecule has 118 valence electrons. The quantitative estimate of drug-likeness (QED) is 0.757. The van der Waals surface area contributed by atoms with E-state index in [1.54, 1.807) is 12.5 Å². The van der Waals surface area contributed by atoms with Crippen molar-refractivity contribution in [2.75, 3.05) is 0 Å². The third kappa shape index (κ3) is 3.21. The molecule has 1 fully saturated rings. The van der Waals surface area contributed by atoms with Crippen LogP contribution in [0.3, 0.4) is 0 Å². The smallest absolute Gasteiger partial charge is 0.315 e. The number of urea groups is 1. The summed E-state index contributed by atoms with van der Waals surface area (Å²) in [6, 6.07) is 7.50. The highest BCUT2D eigenvalue weighted by atomic mass is 16.4. The van der Waals surface area contributed by atoms with Gasteiger partial charge in [0, 0.05) is 17.8 Å². The molecule has 2 N–H and O–H groups in total. The van der Waals surface area contributed by atoms with E-state index >= 15 is 0 Å².